The normalized spacial score (nSPS) is 39.1. The van der Waals surface area contributed by atoms with Gasteiger partial charge >= 0.3 is 0 Å². The molecular formula is C18H35N3. The molecule has 0 aromatic carbocycles. The predicted octanol–water partition coefficient (Wildman–Crippen LogP) is 2.71. The molecule has 0 spiro atoms. The molecule has 4 unspecified atom stereocenters. The smallest absolute Gasteiger partial charge is 0.0223 e. The Morgan fingerprint density at radius 2 is 1.81 bits per heavy atom. The molecule has 21 heavy (non-hydrogen) atoms. The van der Waals surface area contributed by atoms with Gasteiger partial charge in [-0.2, -0.15) is 0 Å². The molecule has 1 N–H and O–H groups in total. The molecule has 0 amide bonds. The summed E-state index contributed by atoms with van der Waals surface area (Å²) in [6.07, 6.45) is 10.0. The number of nitrogens with zero attached hydrogens (tertiary/aromatic N) is 2. The molecule has 3 fully saturated rings. The molecule has 2 saturated heterocycles. The van der Waals surface area contributed by atoms with E-state index < -0.39 is 0 Å². The molecular weight excluding hydrogens is 258 g/mol. The standard InChI is InChI=1S/C18H35N3/c1-3-19-18-10-5-4-8-16(18)13-21-14-17-9-6-7-11-20(17)12-15(21)2/h15-19H,3-14H2,1-2H3. The largest absolute Gasteiger partial charge is 0.314 e. The second-order valence-electron chi connectivity index (χ2n) is 7.66. The van der Waals surface area contributed by atoms with Gasteiger partial charge in [-0.05, 0) is 51.6 Å². The Balaban J connectivity index is 1.57. The molecule has 2 aliphatic heterocycles. The molecule has 1 saturated carbocycles. The number of nitrogens with one attached hydrogen (secondary N) is 1. The van der Waals surface area contributed by atoms with Gasteiger partial charge in [-0.15, -0.1) is 0 Å². The van der Waals surface area contributed by atoms with Crippen molar-refractivity contribution in [1.82, 2.24) is 15.1 Å². The van der Waals surface area contributed by atoms with Crippen molar-refractivity contribution in [2.75, 3.05) is 32.7 Å². The lowest BCUT2D eigenvalue weighted by Crippen LogP contribution is -2.60. The zero-order chi connectivity index (χ0) is 14.7. The van der Waals surface area contributed by atoms with E-state index in [0.717, 1.165) is 30.6 Å². The lowest BCUT2D eigenvalue weighted by Gasteiger charge is -2.49. The molecule has 4 atom stereocenters. The quantitative estimate of drug-likeness (QED) is 0.860. The lowest BCUT2D eigenvalue weighted by atomic mass is 9.83. The predicted molar refractivity (Wildman–Crippen MR) is 89.7 cm³/mol. The first kappa shape index (κ1) is 15.8. The molecule has 3 nitrogen and oxygen atoms in total. The van der Waals surface area contributed by atoms with Crippen LogP contribution in [0.5, 0.6) is 0 Å². The minimum absolute atomic E-state index is 0.753. The second-order valence-corrected chi connectivity index (χ2v) is 7.66. The van der Waals surface area contributed by atoms with Gasteiger partial charge in [-0.3, -0.25) is 9.80 Å². The van der Waals surface area contributed by atoms with Crippen molar-refractivity contribution in [3.05, 3.63) is 0 Å². The van der Waals surface area contributed by atoms with Crippen LogP contribution in [0.4, 0.5) is 0 Å². The molecule has 0 aromatic rings. The van der Waals surface area contributed by atoms with E-state index >= 15 is 0 Å². The van der Waals surface area contributed by atoms with Crippen molar-refractivity contribution in [1.29, 1.82) is 0 Å². The molecule has 0 bridgehead atoms. The first-order chi connectivity index (χ1) is 10.3. The third-order valence-electron chi connectivity index (χ3n) is 6.16. The van der Waals surface area contributed by atoms with Crippen LogP contribution < -0.4 is 5.32 Å². The first-order valence-electron chi connectivity index (χ1n) is 9.49. The molecule has 0 radical (unpaired) electrons. The fourth-order valence-electron chi connectivity index (χ4n) is 4.93. The number of piperidine rings is 1. The average Bonchev–Trinajstić information content (AvgIpc) is 2.50. The van der Waals surface area contributed by atoms with Crippen LogP contribution in [0, 0.1) is 5.92 Å². The van der Waals surface area contributed by atoms with Crippen LogP contribution in [-0.4, -0.2) is 60.6 Å². The molecule has 3 heteroatoms. The fourth-order valence-corrected chi connectivity index (χ4v) is 4.93. The molecule has 3 aliphatic rings. The Bertz CT molecular complexity index is 318. The zero-order valence-corrected chi connectivity index (χ0v) is 14.2. The van der Waals surface area contributed by atoms with E-state index in [1.165, 1.54) is 71.1 Å². The van der Waals surface area contributed by atoms with Crippen LogP contribution in [0.2, 0.25) is 0 Å². The van der Waals surface area contributed by atoms with E-state index in [9.17, 15) is 0 Å². The number of hydrogen-bond acceptors (Lipinski definition) is 3. The highest BCUT2D eigenvalue weighted by molar-refractivity contribution is 4.92. The summed E-state index contributed by atoms with van der Waals surface area (Å²) in [6, 6.07) is 2.39. The second kappa shape index (κ2) is 7.43. The third kappa shape index (κ3) is 3.80. The minimum Gasteiger partial charge on any atom is -0.314 e. The summed E-state index contributed by atoms with van der Waals surface area (Å²) >= 11 is 0. The topological polar surface area (TPSA) is 18.5 Å². The Morgan fingerprint density at radius 1 is 1.00 bits per heavy atom. The summed E-state index contributed by atoms with van der Waals surface area (Å²) in [7, 11) is 0. The van der Waals surface area contributed by atoms with E-state index in [-0.39, 0.29) is 0 Å². The van der Waals surface area contributed by atoms with E-state index in [2.05, 4.69) is 29.0 Å². The van der Waals surface area contributed by atoms with Gasteiger partial charge in [0, 0.05) is 37.8 Å². The van der Waals surface area contributed by atoms with Crippen LogP contribution in [0.3, 0.4) is 0 Å². The first-order valence-corrected chi connectivity index (χ1v) is 9.49. The van der Waals surface area contributed by atoms with E-state index in [1.54, 1.807) is 0 Å². The maximum Gasteiger partial charge on any atom is 0.0223 e. The monoisotopic (exact) mass is 293 g/mol. The highest BCUT2D eigenvalue weighted by Crippen LogP contribution is 2.29. The van der Waals surface area contributed by atoms with Crippen LogP contribution >= 0.6 is 0 Å². The SMILES string of the molecule is CCNC1CCCCC1CN1CC2CCCCN2CC1C. The summed E-state index contributed by atoms with van der Waals surface area (Å²) < 4.78 is 0. The summed E-state index contributed by atoms with van der Waals surface area (Å²) in [5, 5.41) is 3.76. The Labute approximate surface area is 131 Å². The summed E-state index contributed by atoms with van der Waals surface area (Å²) in [6.45, 7) is 11.2. The molecule has 2 heterocycles. The van der Waals surface area contributed by atoms with Gasteiger partial charge in [0.2, 0.25) is 0 Å². The molecule has 3 rings (SSSR count). The molecule has 0 aromatic heterocycles. The van der Waals surface area contributed by atoms with E-state index in [0.29, 0.717) is 0 Å². The van der Waals surface area contributed by atoms with E-state index in [1.807, 2.05) is 0 Å². The lowest BCUT2D eigenvalue weighted by molar-refractivity contribution is 0.00179. The minimum atomic E-state index is 0.753. The van der Waals surface area contributed by atoms with Gasteiger partial charge < -0.3 is 5.32 Å². The number of hydrogen-bond donors (Lipinski definition) is 1. The third-order valence-corrected chi connectivity index (χ3v) is 6.16. The van der Waals surface area contributed by atoms with E-state index in [4.69, 9.17) is 0 Å². The maximum absolute atomic E-state index is 3.76. The maximum atomic E-state index is 3.76. The zero-order valence-electron chi connectivity index (χ0n) is 14.2. The van der Waals surface area contributed by atoms with Crippen molar-refractivity contribution in [3.8, 4) is 0 Å². The Morgan fingerprint density at radius 3 is 2.67 bits per heavy atom. The summed E-state index contributed by atoms with van der Waals surface area (Å²) in [4.78, 5) is 5.60. The average molecular weight is 293 g/mol. The summed E-state index contributed by atoms with van der Waals surface area (Å²) in [5.74, 6) is 0.885. The fraction of sp³-hybridized carbons (Fsp3) is 1.00. The van der Waals surface area contributed by atoms with Crippen molar-refractivity contribution in [3.63, 3.8) is 0 Å². The summed E-state index contributed by atoms with van der Waals surface area (Å²) in [5.41, 5.74) is 0. The van der Waals surface area contributed by atoms with Crippen LogP contribution in [-0.2, 0) is 0 Å². The van der Waals surface area contributed by atoms with Gasteiger partial charge in [0.25, 0.3) is 0 Å². The highest BCUT2D eigenvalue weighted by atomic mass is 15.3. The highest BCUT2D eigenvalue weighted by Gasteiger charge is 2.35. The van der Waals surface area contributed by atoms with Crippen LogP contribution in [0.15, 0.2) is 0 Å². The van der Waals surface area contributed by atoms with Gasteiger partial charge in [0.15, 0.2) is 0 Å². The number of rotatable bonds is 4. The van der Waals surface area contributed by atoms with Crippen LogP contribution in [0.1, 0.15) is 58.8 Å². The van der Waals surface area contributed by atoms with Crippen LogP contribution in [0.25, 0.3) is 0 Å². The molecule has 122 valence electrons. The van der Waals surface area contributed by atoms with Crippen molar-refractivity contribution >= 4 is 0 Å². The molecule has 1 aliphatic carbocycles. The van der Waals surface area contributed by atoms with Gasteiger partial charge in [0.1, 0.15) is 0 Å². The number of fused-ring (bicyclic) bond motifs is 1. The van der Waals surface area contributed by atoms with Gasteiger partial charge in [0.05, 0.1) is 0 Å². The Kier molecular flexibility index (Phi) is 5.58. The van der Waals surface area contributed by atoms with Crippen molar-refractivity contribution < 1.29 is 0 Å². The van der Waals surface area contributed by atoms with Crippen molar-refractivity contribution in [2.45, 2.75) is 76.9 Å². The van der Waals surface area contributed by atoms with Gasteiger partial charge in [-0.1, -0.05) is 26.2 Å². The van der Waals surface area contributed by atoms with Crippen molar-refractivity contribution in [2.24, 2.45) is 5.92 Å². The van der Waals surface area contributed by atoms with Gasteiger partial charge in [-0.25, -0.2) is 0 Å². The Hall–Kier alpha value is -0.120. The number of piperazine rings is 1.